The van der Waals surface area contributed by atoms with Crippen LogP contribution in [0.2, 0.25) is 0 Å². The van der Waals surface area contributed by atoms with Crippen molar-refractivity contribution in [1.29, 1.82) is 0 Å². The summed E-state index contributed by atoms with van der Waals surface area (Å²) in [7, 11) is -4.64. The first-order chi connectivity index (χ1) is 3.42. The van der Waals surface area contributed by atoms with E-state index in [9.17, 15) is 18.3 Å². The fourth-order valence-corrected chi connectivity index (χ4v) is 0.316. The molecule has 0 aromatic rings. The highest BCUT2D eigenvalue weighted by molar-refractivity contribution is 7.84. The standard InChI is InChI=1S/CH3NO5S.H3N/c3-1(4)2-8(5,6)7;/h2H,(H,3,4)(H,5,6,7);1H3. The summed E-state index contributed by atoms with van der Waals surface area (Å²) < 4.78 is 27.3. The number of quaternary nitrogens is 1. The molecule has 0 aliphatic carbocycles. The smallest absolute Gasteiger partial charge is 0.358 e. The number of nitrogens with one attached hydrogen (secondary N) is 1. The predicted octanol–water partition coefficient (Wildman–Crippen LogP) is -1.90. The molecule has 0 aromatic heterocycles. The van der Waals surface area contributed by atoms with Crippen molar-refractivity contribution in [2.75, 3.05) is 0 Å². The van der Waals surface area contributed by atoms with E-state index >= 15 is 0 Å². The van der Waals surface area contributed by atoms with Crippen molar-refractivity contribution in [3.05, 3.63) is 0 Å². The SMILES string of the molecule is O=C([O-])NS(=O)(=O)O.[NH4+]. The van der Waals surface area contributed by atoms with Crippen molar-refractivity contribution in [2.45, 2.75) is 0 Å². The third-order valence-corrected chi connectivity index (χ3v) is 0.637. The van der Waals surface area contributed by atoms with Gasteiger partial charge in [0, 0.05) is 0 Å². The minimum absolute atomic E-state index is 0. The number of rotatable bonds is 1. The molecule has 8 heteroatoms. The van der Waals surface area contributed by atoms with Gasteiger partial charge >= 0.3 is 10.3 Å². The Hall–Kier alpha value is -0.860. The fourth-order valence-electron chi connectivity index (χ4n) is 0.105. The predicted molar refractivity (Wildman–Crippen MR) is 26.1 cm³/mol. The summed E-state index contributed by atoms with van der Waals surface area (Å²) in [5.41, 5.74) is 0. The van der Waals surface area contributed by atoms with E-state index in [1.807, 2.05) is 0 Å². The molecule has 0 atom stereocenters. The van der Waals surface area contributed by atoms with Crippen LogP contribution in [0, 0.1) is 0 Å². The first-order valence-electron chi connectivity index (χ1n) is 1.38. The van der Waals surface area contributed by atoms with Crippen LogP contribution in [0.15, 0.2) is 0 Å². The van der Waals surface area contributed by atoms with E-state index in [-0.39, 0.29) is 6.15 Å². The summed E-state index contributed by atoms with van der Waals surface area (Å²) in [4.78, 5) is 9.25. The summed E-state index contributed by atoms with van der Waals surface area (Å²) in [5.74, 6) is 0. The van der Waals surface area contributed by atoms with Crippen LogP contribution in [0.3, 0.4) is 0 Å². The van der Waals surface area contributed by atoms with Crippen molar-refractivity contribution in [2.24, 2.45) is 0 Å². The summed E-state index contributed by atoms with van der Waals surface area (Å²) >= 11 is 0. The molecule has 0 bridgehead atoms. The molecule has 6 N–H and O–H groups in total. The lowest BCUT2D eigenvalue weighted by Crippen LogP contribution is -2.40. The van der Waals surface area contributed by atoms with E-state index in [0.29, 0.717) is 4.72 Å². The number of hydrogen-bond acceptors (Lipinski definition) is 4. The summed E-state index contributed by atoms with van der Waals surface area (Å²) in [6.45, 7) is 0. The Morgan fingerprint density at radius 1 is 1.56 bits per heavy atom. The van der Waals surface area contributed by atoms with Gasteiger partial charge in [-0.1, -0.05) is 0 Å². The van der Waals surface area contributed by atoms with Gasteiger partial charge in [-0.25, -0.2) is 4.72 Å². The zero-order valence-corrected chi connectivity index (χ0v) is 5.30. The van der Waals surface area contributed by atoms with Crippen molar-refractivity contribution in [3.8, 4) is 0 Å². The molecule has 0 saturated carbocycles. The van der Waals surface area contributed by atoms with Gasteiger partial charge in [-0.05, 0) is 0 Å². The Bertz CT molecular complexity index is 181. The molecular formula is CH6N2O5S. The normalized spacial score (nSPS) is 9.44. The molecule has 0 unspecified atom stereocenters. The first kappa shape index (κ1) is 11.0. The number of carboxylic acid groups (broad SMARTS) is 1. The van der Waals surface area contributed by atoms with Gasteiger partial charge in [0.25, 0.3) is 0 Å². The van der Waals surface area contributed by atoms with Crippen LogP contribution in [-0.2, 0) is 10.3 Å². The zero-order valence-electron chi connectivity index (χ0n) is 4.49. The Morgan fingerprint density at radius 2 is 1.89 bits per heavy atom. The molecule has 0 aliphatic rings. The molecule has 0 aliphatic heterocycles. The van der Waals surface area contributed by atoms with Gasteiger partial charge in [0.05, 0.1) is 0 Å². The zero-order chi connectivity index (χ0) is 6.78. The summed E-state index contributed by atoms with van der Waals surface area (Å²) in [6, 6.07) is 0. The Labute approximate surface area is 51.1 Å². The molecule has 9 heavy (non-hydrogen) atoms. The van der Waals surface area contributed by atoms with E-state index in [4.69, 9.17) is 4.55 Å². The van der Waals surface area contributed by atoms with Gasteiger partial charge in [0.2, 0.25) is 0 Å². The lowest BCUT2D eigenvalue weighted by Gasteiger charge is -1.98. The summed E-state index contributed by atoms with van der Waals surface area (Å²) in [6.07, 6.45) is -2.06. The minimum atomic E-state index is -4.64. The lowest BCUT2D eigenvalue weighted by atomic mass is 11.3. The molecule has 0 fully saturated rings. The maximum absolute atomic E-state index is 9.47. The van der Waals surface area contributed by atoms with E-state index < -0.39 is 16.4 Å². The second-order valence-corrected chi connectivity index (χ2v) is 2.02. The first-order valence-corrected chi connectivity index (χ1v) is 2.82. The molecule has 0 aromatic carbocycles. The van der Waals surface area contributed by atoms with Crippen molar-refractivity contribution < 1.29 is 22.9 Å². The van der Waals surface area contributed by atoms with Crippen LogP contribution in [-0.4, -0.2) is 19.1 Å². The second-order valence-electron chi connectivity index (χ2n) is 0.865. The number of amides is 1. The molecule has 56 valence electrons. The molecule has 0 heterocycles. The number of hydrogen-bond donors (Lipinski definition) is 3. The molecule has 0 radical (unpaired) electrons. The van der Waals surface area contributed by atoms with E-state index in [0.717, 1.165) is 0 Å². The van der Waals surface area contributed by atoms with Gasteiger partial charge < -0.3 is 16.1 Å². The highest BCUT2D eigenvalue weighted by Crippen LogP contribution is 1.67. The Morgan fingerprint density at radius 3 is 1.89 bits per heavy atom. The fraction of sp³-hybridized carbons (Fsp3) is 0. The summed E-state index contributed by atoms with van der Waals surface area (Å²) in [5, 5.41) is 9.25. The van der Waals surface area contributed by atoms with Crippen LogP contribution < -0.4 is 16.0 Å². The average Bonchev–Trinajstić information content (AvgIpc) is 1.21. The molecule has 7 nitrogen and oxygen atoms in total. The van der Waals surface area contributed by atoms with E-state index in [1.165, 1.54) is 0 Å². The van der Waals surface area contributed by atoms with Crippen molar-refractivity contribution >= 4 is 16.4 Å². The maximum Gasteiger partial charge on any atom is 0.358 e. The van der Waals surface area contributed by atoms with Gasteiger partial charge in [-0.15, -0.1) is 0 Å². The van der Waals surface area contributed by atoms with Crippen molar-refractivity contribution in [1.82, 2.24) is 10.9 Å². The molecule has 0 saturated heterocycles. The van der Waals surface area contributed by atoms with Gasteiger partial charge in [-0.3, -0.25) is 4.55 Å². The van der Waals surface area contributed by atoms with Crippen LogP contribution in [0.5, 0.6) is 0 Å². The largest absolute Gasteiger partial charge is 0.529 e. The van der Waals surface area contributed by atoms with Crippen LogP contribution in [0.25, 0.3) is 0 Å². The highest BCUT2D eigenvalue weighted by Gasteiger charge is 1.98. The van der Waals surface area contributed by atoms with Gasteiger partial charge in [0.15, 0.2) is 0 Å². The highest BCUT2D eigenvalue weighted by atomic mass is 32.2. The molecule has 1 amide bonds. The quantitative estimate of drug-likeness (QED) is 0.382. The molecule has 0 spiro atoms. The minimum Gasteiger partial charge on any atom is -0.529 e. The van der Waals surface area contributed by atoms with Crippen LogP contribution >= 0.6 is 0 Å². The third-order valence-electron chi connectivity index (χ3n) is 0.212. The topological polar surface area (TPSA) is 143 Å². The lowest BCUT2D eigenvalue weighted by molar-refractivity contribution is -0.248. The van der Waals surface area contributed by atoms with Crippen molar-refractivity contribution in [3.63, 3.8) is 0 Å². The van der Waals surface area contributed by atoms with Gasteiger partial charge in [-0.2, -0.15) is 8.42 Å². The van der Waals surface area contributed by atoms with E-state index in [2.05, 4.69) is 0 Å². The molecule has 0 rings (SSSR count). The molecular weight excluding hydrogens is 152 g/mol. The Kier molecular flexibility index (Phi) is 3.94. The van der Waals surface area contributed by atoms with E-state index in [1.54, 1.807) is 0 Å². The second kappa shape index (κ2) is 3.22. The maximum atomic E-state index is 9.47. The van der Waals surface area contributed by atoms with Crippen LogP contribution in [0.4, 0.5) is 4.79 Å². The number of carbonyl (C=O) groups is 1. The average molecular weight is 158 g/mol. The Balaban J connectivity index is 0. The van der Waals surface area contributed by atoms with Gasteiger partial charge in [0.1, 0.15) is 6.09 Å². The third kappa shape index (κ3) is 11.0. The monoisotopic (exact) mass is 158 g/mol. The van der Waals surface area contributed by atoms with Crippen LogP contribution in [0.1, 0.15) is 0 Å². The number of carbonyl (C=O) groups excluding carboxylic acids is 1.